The highest BCUT2D eigenvalue weighted by Crippen LogP contribution is 2.99. The lowest BCUT2D eigenvalue weighted by Crippen LogP contribution is -2.17. The third-order valence-corrected chi connectivity index (χ3v) is 30.2. The highest BCUT2D eigenvalue weighted by molar-refractivity contribution is 9.43. The van der Waals surface area contributed by atoms with Gasteiger partial charge >= 0.3 is 12.1 Å². The summed E-state index contributed by atoms with van der Waals surface area (Å²) in [6.45, 7) is -0.119. The van der Waals surface area contributed by atoms with Crippen LogP contribution in [0.25, 0.3) is 0 Å². The molecule has 40 heavy (non-hydrogen) atoms. The molecule has 0 spiro atoms. The normalized spacial score (nSPS) is 17.8. The molecular formula is C24H22N2O9P2S3. The molecule has 0 aromatic heterocycles. The van der Waals surface area contributed by atoms with Crippen molar-refractivity contribution in [2.75, 3.05) is 18.9 Å². The minimum absolute atomic E-state index is 0.0108. The van der Waals surface area contributed by atoms with Gasteiger partial charge in [-0.15, -0.1) is 10.1 Å². The number of aromatic hydroxyl groups is 1. The second kappa shape index (κ2) is 13.6. The highest BCUT2D eigenvalue weighted by atomic mass is 33.7. The average molecular weight is 641 g/mol. The van der Waals surface area contributed by atoms with Crippen LogP contribution in [0.15, 0.2) is 66.7 Å². The van der Waals surface area contributed by atoms with Crippen LogP contribution in [-0.2, 0) is 21.4 Å². The number of nitrogens with zero attached hydrogens (tertiary/aromatic N) is 1. The van der Waals surface area contributed by atoms with Gasteiger partial charge in [0.05, 0.1) is 24.0 Å². The largest absolute Gasteiger partial charge is 0.519 e. The van der Waals surface area contributed by atoms with E-state index in [9.17, 15) is 24.8 Å². The van der Waals surface area contributed by atoms with Crippen LogP contribution in [0.3, 0.4) is 0 Å². The van der Waals surface area contributed by atoms with Crippen molar-refractivity contribution in [3.8, 4) is 17.2 Å². The Labute approximate surface area is 242 Å². The molecule has 0 aliphatic carbocycles. The number of phenolic OH excluding ortho intramolecular Hbond substituents is 1. The van der Waals surface area contributed by atoms with Gasteiger partial charge in [0.25, 0.3) is 5.09 Å². The van der Waals surface area contributed by atoms with E-state index in [1.807, 2.05) is 24.3 Å². The zero-order chi connectivity index (χ0) is 28.7. The predicted molar refractivity (Wildman–Crippen MR) is 160 cm³/mol. The summed E-state index contributed by atoms with van der Waals surface area (Å²) >= 11 is 9.42. The Bertz CT molecular complexity index is 1430. The minimum Gasteiger partial charge on any atom is -0.508 e. The summed E-state index contributed by atoms with van der Waals surface area (Å²) in [5.41, 5.74) is 6.01. The van der Waals surface area contributed by atoms with Crippen LogP contribution in [0.2, 0.25) is 0 Å². The van der Waals surface area contributed by atoms with Gasteiger partial charge in [-0.3, -0.25) is 0 Å². The maximum absolute atomic E-state index is 12.5. The number of carbonyl (C=O) groups is 2. The molecule has 11 nitrogen and oxygen atoms in total. The van der Waals surface area contributed by atoms with Crippen molar-refractivity contribution in [3.05, 3.63) is 82.4 Å². The number of rotatable bonds is 11. The number of phenols is 1. The standard InChI is InChI=1S/C24H22N2O9P2S3/c25-16-3-12-21(23(28)32-13-1-2-14-33-26(30)31)22(15-16)35-24(29)34-18-6-8-19(9-7-18)36-39-37(38,40-36)20-10-4-17(27)5-11-20/h3-12,15,27H,1-2,13-14,25H2. The Balaban J connectivity index is 1.29. The van der Waals surface area contributed by atoms with Crippen molar-refractivity contribution in [3.63, 3.8) is 0 Å². The number of nitrogen functional groups attached to an aromatic ring is 1. The zero-order valence-electron chi connectivity index (χ0n) is 20.5. The van der Waals surface area contributed by atoms with E-state index in [0.717, 1.165) is 10.6 Å². The second-order valence-electron chi connectivity index (χ2n) is 8.04. The summed E-state index contributed by atoms with van der Waals surface area (Å²) < 4.78 is 13.9. The van der Waals surface area contributed by atoms with Crippen LogP contribution < -0.4 is 25.8 Å². The van der Waals surface area contributed by atoms with Crippen LogP contribution in [-0.4, -0.2) is 35.5 Å². The first-order valence-electron chi connectivity index (χ1n) is 11.6. The molecule has 0 radical (unpaired) electrons. The van der Waals surface area contributed by atoms with E-state index < -0.39 is 28.0 Å². The van der Waals surface area contributed by atoms with Crippen LogP contribution >= 0.6 is 32.8 Å². The van der Waals surface area contributed by atoms with E-state index in [0.29, 0.717) is 12.8 Å². The van der Waals surface area contributed by atoms with E-state index in [1.165, 1.54) is 18.2 Å². The molecule has 3 aromatic carbocycles. The first-order chi connectivity index (χ1) is 19.1. The van der Waals surface area contributed by atoms with Gasteiger partial charge in [-0.25, -0.2) is 9.59 Å². The number of unbranched alkanes of at least 4 members (excludes halogenated alkanes) is 1. The Morgan fingerprint density at radius 2 is 1.68 bits per heavy atom. The zero-order valence-corrected chi connectivity index (χ0v) is 24.8. The molecule has 3 N–H and O–H groups in total. The number of ether oxygens (including phenoxy) is 3. The highest BCUT2D eigenvalue weighted by Gasteiger charge is 2.40. The molecule has 210 valence electrons. The van der Waals surface area contributed by atoms with Gasteiger partial charge < -0.3 is 29.9 Å². The lowest BCUT2D eigenvalue weighted by atomic mass is 10.2. The van der Waals surface area contributed by atoms with Gasteiger partial charge in [-0.2, -0.15) is 0 Å². The fraction of sp³-hybridized carbons (Fsp3) is 0.167. The van der Waals surface area contributed by atoms with Gasteiger partial charge in [-0.1, -0.05) is 33.8 Å². The molecule has 0 bridgehead atoms. The van der Waals surface area contributed by atoms with Gasteiger partial charge in [0, 0.05) is 17.1 Å². The Kier molecular flexibility index (Phi) is 10.2. The predicted octanol–water partition coefficient (Wildman–Crippen LogP) is 5.75. The molecular weight excluding hydrogens is 618 g/mol. The summed E-state index contributed by atoms with van der Waals surface area (Å²) in [7, 11) is 0. The molecule has 1 saturated heterocycles. The van der Waals surface area contributed by atoms with E-state index in [-0.39, 0.29) is 41.7 Å². The number of nitrogens with two attached hydrogens (primary N) is 1. The molecule has 0 atom stereocenters. The Morgan fingerprint density at radius 1 is 1.00 bits per heavy atom. The fourth-order valence-electron chi connectivity index (χ4n) is 3.25. The van der Waals surface area contributed by atoms with Gasteiger partial charge in [-0.05, 0) is 78.8 Å². The molecule has 0 unspecified atom stereocenters. The van der Waals surface area contributed by atoms with Crippen molar-refractivity contribution < 1.29 is 38.8 Å². The van der Waals surface area contributed by atoms with Crippen molar-refractivity contribution in [2.24, 2.45) is 0 Å². The quantitative estimate of drug-likeness (QED) is 0.0496. The number of carbonyl (C=O) groups excluding carboxylic acids is 2. The Morgan fingerprint density at radius 3 is 2.35 bits per heavy atom. The topological polar surface area (TPSA) is 160 Å². The van der Waals surface area contributed by atoms with Gasteiger partial charge in [0.2, 0.25) is 0 Å². The summed E-state index contributed by atoms with van der Waals surface area (Å²) in [5, 5.41) is 20.9. The molecule has 16 heteroatoms. The number of hydrogen-bond acceptors (Lipinski definition) is 13. The van der Waals surface area contributed by atoms with Crippen LogP contribution in [0.5, 0.6) is 17.2 Å². The first-order valence-corrected chi connectivity index (χ1v) is 19.8. The number of benzene rings is 3. The average Bonchev–Trinajstić information content (AvgIpc) is 2.89. The molecule has 1 aliphatic rings. The lowest BCUT2D eigenvalue weighted by molar-refractivity contribution is -0.757. The van der Waals surface area contributed by atoms with Gasteiger partial charge in [0.15, 0.2) is 5.75 Å². The molecule has 1 fully saturated rings. The summed E-state index contributed by atoms with van der Waals surface area (Å²) in [6, 6.07) is 18.2. The molecule has 0 amide bonds. The monoisotopic (exact) mass is 640 g/mol. The van der Waals surface area contributed by atoms with Crippen molar-refractivity contribution in [1.82, 2.24) is 0 Å². The maximum atomic E-state index is 12.5. The fourth-order valence-corrected chi connectivity index (χ4v) is 29.2. The van der Waals surface area contributed by atoms with Crippen molar-refractivity contribution >= 4 is 73.0 Å². The molecule has 0 saturated carbocycles. The van der Waals surface area contributed by atoms with Crippen LogP contribution in [0, 0.1) is 10.1 Å². The third kappa shape index (κ3) is 8.02. The van der Waals surface area contributed by atoms with Gasteiger partial charge in [0.1, 0.15) is 17.1 Å². The van der Waals surface area contributed by atoms with E-state index in [2.05, 4.69) is 4.84 Å². The lowest BCUT2D eigenvalue weighted by Gasteiger charge is -2.37. The van der Waals surface area contributed by atoms with E-state index >= 15 is 0 Å². The summed E-state index contributed by atoms with van der Waals surface area (Å²) in [5.74, 6) is -0.427. The number of hydrogen-bond donors (Lipinski definition) is 2. The molecule has 4 rings (SSSR count). The number of anilines is 1. The maximum Gasteiger partial charge on any atom is 0.519 e. The number of esters is 1. The Hall–Kier alpha value is -3.02. The minimum atomic E-state index is -1.79. The summed E-state index contributed by atoms with van der Waals surface area (Å²) in [4.78, 5) is 39.3. The van der Waals surface area contributed by atoms with Crippen molar-refractivity contribution in [1.29, 1.82) is 0 Å². The molecule has 1 aliphatic heterocycles. The SMILES string of the molecule is Nc1ccc(C(=O)OCCCCO[N+](=O)[O-])c(OC(=O)Oc2ccc(P3SP(=S)(c4ccc(O)cc4)S3)cc2)c1. The molecule has 1 heterocycles. The molecule has 3 aromatic rings. The van der Waals surface area contributed by atoms with E-state index in [4.69, 9.17) is 31.8 Å². The summed E-state index contributed by atoms with van der Waals surface area (Å²) in [6.07, 6.45) is -0.976. The first kappa shape index (κ1) is 30.0. The van der Waals surface area contributed by atoms with E-state index in [1.54, 1.807) is 46.3 Å². The smallest absolute Gasteiger partial charge is 0.508 e. The van der Waals surface area contributed by atoms with Crippen LogP contribution in [0.1, 0.15) is 23.2 Å². The third-order valence-electron chi connectivity index (χ3n) is 5.17. The second-order valence-corrected chi connectivity index (χ2v) is 24.7. The van der Waals surface area contributed by atoms with Crippen LogP contribution in [0.4, 0.5) is 10.5 Å². The van der Waals surface area contributed by atoms with Crippen molar-refractivity contribution in [2.45, 2.75) is 12.8 Å².